The minimum Gasteiger partial charge on any atom is -0.374 e. The second kappa shape index (κ2) is 6.54. The van der Waals surface area contributed by atoms with Gasteiger partial charge in [0, 0.05) is 30.0 Å². The summed E-state index contributed by atoms with van der Waals surface area (Å²) in [6.07, 6.45) is 4.97. The van der Waals surface area contributed by atoms with Crippen LogP contribution in [0.1, 0.15) is 75.1 Å². The molecule has 1 aromatic rings. The van der Waals surface area contributed by atoms with E-state index in [1.165, 1.54) is 23.4 Å². The van der Waals surface area contributed by atoms with E-state index in [9.17, 15) is 0 Å². The average molecular weight is 296 g/mol. The fourth-order valence-electron chi connectivity index (χ4n) is 2.34. The Hall–Kier alpha value is -0.450. The van der Waals surface area contributed by atoms with Crippen LogP contribution < -0.4 is 5.32 Å². The Bertz CT molecular complexity index is 432. The quantitative estimate of drug-likeness (QED) is 0.819. The van der Waals surface area contributed by atoms with Crippen LogP contribution in [-0.4, -0.2) is 18.1 Å². The molecule has 0 bridgehead atoms. The molecule has 1 saturated carbocycles. The van der Waals surface area contributed by atoms with Gasteiger partial charge < -0.3 is 10.1 Å². The first kappa shape index (κ1) is 15.9. The maximum Gasteiger partial charge on any atom is 0.122 e. The molecule has 1 unspecified atom stereocenters. The minimum absolute atomic E-state index is 0.0970. The summed E-state index contributed by atoms with van der Waals surface area (Å²) in [4.78, 5) is 6.31. The third kappa shape index (κ3) is 4.03. The van der Waals surface area contributed by atoms with E-state index in [0.29, 0.717) is 0 Å². The van der Waals surface area contributed by atoms with Gasteiger partial charge in [-0.2, -0.15) is 0 Å². The highest BCUT2D eigenvalue weighted by Crippen LogP contribution is 2.35. The predicted molar refractivity (Wildman–Crippen MR) is 85.3 cm³/mol. The predicted octanol–water partition coefficient (Wildman–Crippen LogP) is 4.18. The van der Waals surface area contributed by atoms with Gasteiger partial charge in [0.25, 0.3) is 0 Å². The van der Waals surface area contributed by atoms with Crippen molar-refractivity contribution in [2.75, 3.05) is 7.11 Å². The van der Waals surface area contributed by atoms with Gasteiger partial charge in [0.1, 0.15) is 11.1 Å². The molecule has 1 fully saturated rings. The number of aromatic nitrogens is 1. The first-order valence-electron chi connectivity index (χ1n) is 7.72. The van der Waals surface area contributed by atoms with E-state index in [1.807, 2.05) is 11.3 Å². The average Bonchev–Trinajstić information content (AvgIpc) is 3.10. The molecule has 0 aromatic carbocycles. The summed E-state index contributed by atoms with van der Waals surface area (Å²) in [7, 11) is 1.79. The first-order valence-corrected chi connectivity index (χ1v) is 8.53. The number of thiazole rings is 1. The van der Waals surface area contributed by atoms with E-state index in [-0.39, 0.29) is 11.5 Å². The van der Waals surface area contributed by atoms with Gasteiger partial charge in [0.15, 0.2) is 0 Å². The highest BCUT2D eigenvalue weighted by molar-refractivity contribution is 7.11. The fourth-order valence-corrected chi connectivity index (χ4v) is 3.68. The van der Waals surface area contributed by atoms with E-state index < -0.39 is 0 Å². The molecule has 20 heavy (non-hydrogen) atoms. The third-order valence-electron chi connectivity index (χ3n) is 3.66. The Morgan fingerprint density at radius 2 is 2.10 bits per heavy atom. The van der Waals surface area contributed by atoms with Crippen LogP contribution in [0.25, 0.3) is 0 Å². The summed E-state index contributed by atoms with van der Waals surface area (Å²) in [6, 6.07) is 0.738. The summed E-state index contributed by atoms with van der Waals surface area (Å²) in [5.41, 5.74) is 1.34. The highest BCUT2D eigenvalue weighted by atomic mass is 32.1. The Kier molecular flexibility index (Phi) is 5.21. The second-order valence-electron chi connectivity index (χ2n) is 6.74. The van der Waals surface area contributed by atoms with E-state index in [2.05, 4.69) is 33.0 Å². The lowest BCUT2D eigenvalue weighted by Gasteiger charge is -2.18. The van der Waals surface area contributed by atoms with Gasteiger partial charge >= 0.3 is 0 Å². The lowest BCUT2D eigenvalue weighted by Crippen LogP contribution is -2.20. The van der Waals surface area contributed by atoms with Crippen LogP contribution in [0, 0.1) is 0 Å². The number of nitrogens with zero attached hydrogens (tertiary/aromatic N) is 1. The van der Waals surface area contributed by atoms with Crippen LogP contribution in [0.3, 0.4) is 0 Å². The first-order chi connectivity index (χ1) is 9.45. The van der Waals surface area contributed by atoms with Gasteiger partial charge in [-0.05, 0) is 19.3 Å². The molecule has 1 atom stereocenters. The van der Waals surface area contributed by atoms with Gasteiger partial charge in [-0.15, -0.1) is 11.3 Å². The summed E-state index contributed by atoms with van der Waals surface area (Å²) in [5, 5.41) is 4.76. The molecule has 0 saturated heterocycles. The SMILES string of the molecule is CCCC(OC)c1nc(C(C)(C)C)c(CNC2CC2)s1. The normalized spacial score (nSPS) is 17.4. The fraction of sp³-hybridized carbons (Fsp3) is 0.812. The molecule has 1 aliphatic carbocycles. The Labute approximate surface area is 127 Å². The smallest absolute Gasteiger partial charge is 0.122 e. The minimum atomic E-state index is 0.0970. The zero-order chi connectivity index (χ0) is 14.8. The zero-order valence-corrected chi connectivity index (χ0v) is 14.3. The van der Waals surface area contributed by atoms with Crippen LogP contribution >= 0.6 is 11.3 Å². The summed E-state index contributed by atoms with van der Waals surface area (Å²) in [6.45, 7) is 9.88. The van der Waals surface area contributed by atoms with E-state index in [1.54, 1.807) is 7.11 Å². The maximum absolute atomic E-state index is 5.62. The number of ether oxygens (including phenoxy) is 1. The van der Waals surface area contributed by atoms with E-state index >= 15 is 0 Å². The summed E-state index contributed by atoms with van der Waals surface area (Å²) >= 11 is 1.83. The number of rotatable bonds is 7. The standard InChI is InChI=1S/C16H28N2OS/c1-6-7-12(19-5)15-18-14(16(2,3)4)13(20-15)10-17-11-8-9-11/h11-12,17H,6-10H2,1-5H3. The van der Waals surface area contributed by atoms with Crippen LogP contribution in [0.2, 0.25) is 0 Å². The molecule has 0 spiro atoms. The van der Waals surface area contributed by atoms with Crippen LogP contribution in [-0.2, 0) is 16.7 Å². The molecule has 2 rings (SSSR count). The number of nitrogens with one attached hydrogen (secondary N) is 1. The third-order valence-corrected chi connectivity index (χ3v) is 4.81. The van der Waals surface area contributed by atoms with Crippen LogP contribution in [0.5, 0.6) is 0 Å². The van der Waals surface area contributed by atoms with Crippen molar-refractivity contribution in [1.82, 2.24) is 10.3 Å². The Balaban J connectivity index is 2.20. The Morgan fingerprint density at radius 3 is 2.60 bits per heavy atom. The van der Waals surface area contributed by atoms with Crippen molar-refractivity contribution in [2.45, 2.75) is 77.5 Å². The molecule has 1 aliphatic rings. The molecule has 4 heteroatoms. The van der Waals surface area contributed by atoms with Crippen molar-refractivity contribution >= 4 is 11.3 Å². The van der Waals surface area contributed by atoms with Crippen molar-refractivity contribution in [3.05, 3.63) is 15.6 Å². The van der Waals surface area contributed by atoms with Gasteiger partial charge in [0.05, 0.1) is 5.69 Å². The molecular formula is C16H28N2OS. The summed E-state index contributed by atoms with van der Waals surface area (Å²) < 4.78 is 5.62. The van der Waals surface area contributed by atoms with Gasteiger partial charge in [-0.1, -0.05) is 34.1 Å². The molecule has 114 valence electrons. The Morgan fingerprint density at radius 1 is 1.40 bits per heavy atom. The second-order valence-corrected chi connectivity index (χ2v) is 7.86. The zero-order valence-electron chi connectivity index (χ0n) is 13.5. The highest BCUT2D eigenvalue weighted by Gasteiger charge is 2.27. The van der Waals surface area contributed by atoms with E-state index in [4.69, 9.17) is 9.72 Å². The molecule has 1 heterocycles. The van der Waals surface area contributed by atoms with Crippen LogP contribution in [0.15, 0.2) is 0 Å². The summed E-state index contributed by atoms with van der Waals surface area (Å²) in [5.74, 6) is 0. The van der Waals surface area contributed by atoms with Crippen molar-refractivity contribution in [3.8, 4) is 0 Å². The van der Waals surface area contributed by atoms with Crippen molar-refractivity contribution in [3.63, 3.8) is 0 Å². The largest absolute Gasteiger partial charge is 0.374 e. The molecule has 0 amide bonds. The molecule has 3 nitrogen and oxygen atoms in total. The van der Waals surface area contributed by atoms with Gasteiger partial charge in [0.2, 0.25) is 0 Å². The molecular weight excluding hydrogens is 268 g/mol. The lowest BCUT2D eigenvalue weighted by molar-refractivity contribution is 0.0945. The monoisotopic (exact) mass is 296 g/mol. The maximum atomic E-state index is 5.62. The van der Waals surface area contributed by atoms with Crippen molar-refractivity contribution < 1.29 is 4.74 Å². The molecule has 0 aliphatic heterocycles. The molecule has 1 aromatic heterocycles. The van der Waals surface area contributed by atoms with Gasteiger partial charge in [-0.25, -0.2) is 4.98 Å². The van der Waals surface area contributed by atoms with Gasteiger partial charge in [-0.3, -0.25) is 0 Å². The van der Waals surface area contributed by atoms with Crippen molar-refractivity contribution in [1.29, 1.82) is 0 Å². The molecule has 0 radical (unpaired) electrons. The lowest BCUT2D eigenvalue weighted by atomic mass is 9.91. The topological polar surface area (TPSA) is 34.1 Å². The van der Waals surface area contributed by atoms with E-state index in [0.717, 1.165) is 30.4 Å². The van der Waals surface area contributed by atoms with Crippen LogP contribution in [0.4, 0.5) is 0 Å². The number of hydrogen-bond acceptors (Lipinski definition) is 4. The number of methoxy groups -OCH3 is 1. The number of hydrogen-bond donors (Lipinski definition) is 1. The van der Waals surface area contributed by atoms with Crippen molar-refractivity contribution in [2.24, 2.45) is 0 Å². The molecule has 1 N–H and O–H groups in total.